The lowest BCUT2D eigenvalue weighted by Crippen LogP contribution is -2.36. The number of hydrogen-bond acceptors (Lipinski definition) is 6. The second kappa shape index (κ2) is 9.07. The van der Waals surface area contributed by atoms with Crippen molar-refractivity contribution in [3.8, 4) is 22.8 Å². The Morgan fingerprint density at radius 3 is 2.73 bits per heavy atom. The number of benzene rings is 2. The van der Waals surface area contributed by atoms with E-state index in [-0.39, 0.29) is 5.92 Å². The first-order chi connectivity index (χ1) is 16.2. The monoisotopic (exact) mass is 447 g/mol. The highest BCUT2D eigenvalue weighted by Crippen LogP contribution is 2.35. The summed E-state index contributed by atoms with van der Waals surface area (Å²) in [4.78, 5) is 4.45. The van der Waals surface area contributed by atoms with Gasteiger partial charge in [0.2, 0.25) is 5.95 Å². The molecule has 0 bridgehead atoms. The molecule has 33 heavy (non-hydrogen) atoms. The summed E-state index contributed by atoms with van der Waals surface area (Å²) in [6, 6.07) is 17.5. The van der Waals surface area contributed by atoms with E-state index in [4.69, 9.17) is 14.6 Å². The van der Waals surface area contributed by atoms with Crippen LogP contribution in [0.15, 0.2) is 60.8 Å². The molecule has 170 valence electrons. The number of rotatable bonds is 6. The van der Waals surface area contributed by atoms with Crippen LogP contribution in [0.25, 0.3) is 16.8 Å². The second-order valence-corrected chi connectivity index (χ2v) is 8.04. The molecule has 0 saturated carbocycles. The van der Waals surface area contributed by atoms with E-state index >= 15 is 0 Å². The fourth-order valence-corrected chi connectivity index (χ4v) is 4.38. The number of anilines is 2. The van der Waals surface area contributed by atoms with Crippen LogP contribution in [-0.2, 0) is 0 Å². The first kappa shape index (κ1) is 21.2. The van der Waals surface area contributed by atoms with Crippen molar-refractivity contribution in [2.45, 2.75) is 18.5 Å². The van der Waals surface area contributed by atoms with Crippen molar-refractivity contribution in [3.63, 3.8) is 0 Å². The highest BCUT2D eigenvalue weighted by atomic mass is 19.1. The second-order valence-electron chi connectivity index (χ2n) is 8.04. The molecule has 7 nitrogen and oxygen atoms in total. The SMILES string of the molecule is COc1cc(C2CCNCC2F)ccc1Nc1ncc2ccc(-c3ccccc3OC)n2n1. The van der Waals surface area contributed by atoms with Gasteiger partial charge >= 0.3 is 0 Å². The number of aromatic nitrogens is 3. The van der Waals surface area contributed by atoms with E-state index in [1.165, 1.54) is 0 Å². The summed E-state index contributed by atoms with van der Waals surface area (Å²) in [5.41, 5.74) is 4.36. The number of ether oxygens (including phenoxy) is 2. The Bertz CT molecular complexity index is 1270. The minimum atomic E-state index is -0.907. The van der Waals surface area contributed by atoms with Crippen LogP contribution in [0, 0.1) is 0 Å². The Kier molecular flexibility index (Phi) is 5.83. The zero-order valence-electron chi connectivity index (χ0n) is 18.6. The lowest BCUT2D eigenvalue weighted by atomic mass is 9.88. The topological polar surface area (TPSA) is 72.7 Å². The zero-order valence-corrected chi connectivity index (χ0v) is 18.6. The van der Waals surface area contributed by atoms with Gasteiger partial charge in [-0.1, -0.05) is 18.2 Å². The molecular weight excluding hydrogens is 421 g/mol. The van der Waals surface area contributed by atoms with Gasteiger partial charge in [0.1, 0.15) is 17.7 Å². The molecule has 8 heteroatoms. The quantitative estimate of drug-likeness (QED) is 0.451. The standard InChI is InChI=1S/C25H26FN5O2/c1-32-23-6-4-3-5-19(23)22-10-8-17-14-28-25(30-31(17)22)29-21-9-7-16(13-24(21)33-2)18-11-12-27-15-20(18)26/h3-10,13-14,18,20,27H,11-12,15H2,1-2H3,(H,29,30). The van der Waals surface area contributed by atoms with Gasteiger partial charge in [0.15, 0.2) is 0 Å². The Labute approximate surface area is 191 Å². The lowest BCUT2D eigenvalue weighted by molar-refractivity contribution is 0.231. The van der Waals surface area contributed by atoms with Gasteiger partial charge in [-0.2, -0.15) is 0 Å². The number of halogens is 1. The van der Waals surface area contributed by atoms with Crippen molar-refractivity contribution in [3.05, 3.63) is 66.4 Å². The van der Waals surface area contributed by atoms with Gasteiger partial charge in [-0.05, 0) is 54.9 Å². The molecule has 1 aliphatic heterocycles. The Morgan fingerprint density at radius 2 is 1.91 bits per heavy atom. The molecule has 2 aromatic carbocycles. The summed E-state index contributed by atoms with van der Waals surface area (Å²) in [6.45, 7) is 1.19. The highest BCUT2D eigenvalue weighted by Gasteiger charge is 2.26. The Morgan fingerprint density at radius 1 is 1.06 bits per heavy atom. The molecule has 0 radical (unpaired) electrons. The van der Waals surface area contributed by atoms with Crippen LogP contribution in [0.2, 0.25) is 0 Å². The lowest BCUT2D eigenvalue weighted by Gasteiger charge is -2.27. The number of hydrogen-bond donors (Lipinski definition) is 2. The maximum absolute atomic E-state index is 14.4. The molecule has 0 amide bonds. The molecule has 3 heterocycles. The molecule has 1 fully saturated rings. The average Bonchev–Trinajstić information content (AvgIpc) is 3.27. The minimum Gasteiger partial charge on any atom is -0.496 e. The van der Waals surface area contributed by atoms with Gasteiger partial charge in [0.25, 0.3) is 0 Å². The van der Waals surface area contributed by atoms with Gasteiger partial charge in [0.05, 0.1) is 37.3 Å². The fraction of sp³-hybridized carbons (Fsp3) is 0.280. The number of methoxy groups -OCH3 is 2. The number of para-hydroxylation sites is 1. The number of nitrogens with zero attached hydrogens (tertiary/aromatic N) is 3. The molecule has 1 saturated heterocycles. The largest absolute Gasteiger partial charge is 0.496 e. The molecule has 2 unspecified atom stereocenters. The van der Waals surface area contributed by atoms with Gasteiger partial charge in [-0.25, -0.2) is 13.9 Å². The van der Waals surface area contributed by atoms with Crippen molar-refractivity contribution in [1.82, 2.24) is 19.9 Å². The fourth-order valence-electron chi connectivity index (χ4n) is 4.38. The van der Waals surface area contributed by atoms with Gasteiger partial charge in [-0.3, -0.25) is 0 Å². The average molecular weight is 448 g/mol. The number of nitrogens with one attached hydrogen (secondary N) is 2. The smallest absolute Gasteiger partial charge is 0.245 e. The predicted octanol–water partition coefficient (Wildman–Crippen LogP) is 4.57. The summed E-state index contributed by atoms with van der Waals surface area (Å²) in [5, 5.41) is 11.0. The normalized spacial score (nSPS) is 18.3. The first-order valence-corrected chi connectivity index (χ1v) is 11.0. The van der Waals surface area contributed by atoms with Crippen molar-refractivity contribution < 1.29 is 13.9 Å². The van der Waals surface area contributed by atoms with Crippen molar-refractivity contribution >= 4 is 17.2 Å². The third-order valence-electron chi connectivity index (χ3n) is 6.09. The number of piperidine rings is 1. The van der Waals surface area contributed by atoms with E-state index in [0.717, 1.165) is 46.7 Å². The first-order valence-electron chi connectivity index (χ1n) is 11.0. The van der Waals surface area contributed by atoms with E-state index in [1.807, 2.05) is 59.1 Å². The van der Waals surface area contributed by atoms with E-state index in [1.54, 1.807) is 20.4 Å². The molecule has 2 atom stereocenters. The van der Waals surface area contributed by atoms with Gasteiger partial charge in [0, 0.05) is 18.0 Å². The number of alkyl halides is 1. The Hall–Kier alpha value is -3.65. The van der Waals surface area contributed by atoms with Gasteiger partial charge < -0.3 is 20.1 Å². The summed E-state index contributed by atoms with van der Waals surface area (Å²) in [6.07, 6.45) is 1.61. The number of fused-ring (bicyclic) bond motifs is 1. The molecule has 0 spiro atoms. The van der Waals surface area contributed by atoms with Crippen molar-refractivity contribution in [2.75, 3.05) is 32.6 Å². The van der Waals surface area contributed by atoms with E-state index in [2.05, 4.69) is 15.6 Å². The van der Waals surface area contributed by atoms with Crippen LogP contribution < -0.4 is 20.1 Å². The maximum Gasteiger partial charge on any atom is 0.245 e. The summed E-state index contributed by atoms with van der Waals surface area (Å²) < 4.78 is 27.4. The van der Waals surface area contributed by atoms with Crippen LogP contribution in [0.5, 0.6) is 11.5 Å². The minimum absolute atomic E-state index is 0.134. The molecule has 4 aromatic rings. The van der Waals surface area contributed by atoms with Crippen LogP contribution in [0.4, 0.5) is 16.0 Å². The third kappa shape index (κ3) is 4.09. The molecule has 0 aliphatic carbocycles. The molecule has 5 rings (SSSR count). The summed E-state index contributed by atoms with van der Waals surface area (Å²) in [5.74, 6) is 1.68. The molecule has 2 aromatic heterocycles. The molecule has 1 aliphatic rings. The molecular formula is C25H26FN5O2. The van der Waals surface area contributed by atoms with Crippen LogP contribution in [-0.4, -0.2) is 48.1 Å². The maximum atomic E-state index is 14.4. The highest BCUT2D eigenvalue weighted by molar-refractivity contribution is 5.72. The van der Waals surface area contributed by atoms with Crippen LogP contribution in [0.1, 0.15) is 17.9 Å². The summed E-state index contributed by atoms with van der Waals surface area (Å²) in [7, 11) is 3.26. The van der Waals surface area contributed by atoms with Crippen LogP contribution in [0.3, 0.4) is 0 Å². The predicted molar refractivity (Wildman–Crippen MR) is 126 cm³/mol. The van der Waals surface area contributed by atoms with E-state index < -0.39 is 6.17 Å². The van der Waals surface area contributed by atoms with Gasteiger partial charge in [-0.15, -0.1) is 5.10 Å². The summed E-state index contributed by atoms with van der Waals surface area (Å²) >= 11 is 0. The Balaban J connectivity index is 1.47. The van der Waals surface area contributed by atoms with E-state index in [9.17, 15) is 4.39 Å². The van der Waals surface area contributed by atoms with Crippen LogP contribution >= 0.6 is 0 Å². The third-order valence-corrected chi connectivity index (χ3v) is 6.09. The van der Waals surface area contributed by atoms with E-state index in [0.29, 0.717) is 18.2 Å². The zero-order chi connectivity index (χ0) is 22.8. The van der Waals surface area contributed by atoms with Crippen molar-refractivity contribution in [2.24, 2.45) is 0 Å². The van der Waals surface area contributed by atoms with Crippen molar-refractivity contribution in [1.29, 1.82) is 0 Å². The molecule has 2 N–H and O–H groups in total.